The first kappa shape index (κ1) is 18.5. The van der Waals surface area contributed by atoms with Gasteiger partial charge in [-0.3, -0.25) is 0 Å². The van der Waals surface area contributed by atoms with Crippen LogP contribution in [0.2, 0.25) is 0 Å². The number of allylic oxidation sites excluding steroid dienone is 1. The van der Waals surface area contributed by atoms with Crippen molar-refractivity contribution in [3.8, 4) is 0 Å². The number of hydrogen-bond donors (Lipinski definition) is 1. The number of esters is 2. The van der Waals surface area contributed by atoms with Crippen LogP contribution in [0.25, 0.3) is 0 Å². The van der Waals surface area contributed by atoms with Crippen LogP contribution in [-0.2, 0) is 19.1 Å². The monoisotopic (exact) mass is 254 g/mol. The third-order valence-electron chi connectivity index (χ3n) is 1.83. The molecule has 0 aromatic heterocycles. The Bertz CT molecular complexity index is 266. The van der Waals surface area contributed by atoms with Gasteiger partial charge in [-0.25, -0.2) is 9.59 Å². The van der Waals surface area contributed by atoms with Crippen molar-refractivity contribution >= 4 is 11.9 Å². The van der Waals surface area contributed by atoms with Gasteiger partial charge in [0.1, 0.15) is 6.04 Å². The molecule has 0 fully saturated rings. The quantitative estimate of drug-likeness (QED) is 0.337. The SMILES string of the molecule is CC[C@@H](N/C(C)=C/C(=O)OC)C(=O)OC.[K+]. The Balaban J connectivity index is 0. The Hall–Kier alpha value is 0.116. The molecule has 0 heterocycles. The van der Waals surface area contributed by atoms with E-state index in [9.17, 15) is 9.59 Å². The molecule has 0 aliphatic carbocycles. The van der Waals surface area contributed by atoms with Gasteiger partial charge in [0.2, 0.25) is 0 Å². The van der Waals surface area contributed by atoms with E-state index in [0.717, 1.165) is 0 Å². The number of carbonyl (C=O) groups is 2. The molecule has 0 aliphatic heterocycles. The summed E-state index contributed by atoms with van der Waals surface area (Å²) in [5, 5.41) is 2.87. The van der Waals surface area contributed by atoms with Gasteiger partial charge < -0.3 is 14.8 Å². The first-order valence-electron chi connectivity index (χ1n) is 4.65. The fraction of sp³-hybridized carbons (Fsp3) is 0.600. The Morgan fingerprint density at radius 2 is 1.88 bits per heavy atom. The first-order valence-corrected chi connectivity index (χ1v) is 4.65. The number of nitrogens with one attached hydrogen (secondary N) is 1. The maximum atomic E-state index is 11.2. The van der Waals surface area contributed by atoms with E-state index < -0.39 is 12.0 Å². The first-order chi connectivity index (χ1) is 7.04. The van der Waals surface area contributed by atoms with Crippen LogP contribution < -0.4 is 56.7 Å². The maximum absolute atomic E-state index is 11.2. The molecule has 6 heteroatoms. The van der Waals surface area contributed by atoms with Gasteiger partial charge in [0, 0.05) is 11.8 Å². The minimum atomic E-state index is -0.459. The summed E-state index contributed by atoms with van der Waals surface area (Å²) < 4.78 is 9.04. The number of hydrogen-bond acceptors (Lipinski definition) is 5. The number of ether oxygens (including phenoxy) is 2. The number of rotatable bonds is 5. The van der Waals surface area contributed by atoms with Gasteiger partial charge in [0.15, 0.2) is 0 Å². The summed E-state index contributed by atoms with van der Waals surface area (Å²) in [5.41, 5.74) is 0.569. The van der Waals surface area contributed by atoms with E-state index in [1.807, 2.05) is 6.92 Å². The van der Waals surface area contributed by atoms with Gasteiger partial charge >= 0.3 is 63.3 Å². The molecule has 16 heavy (non-hydrogen) atoms. The molecule has 0 unspecified atom stereocenters. The summed E-state index contributed by atoms with van der Waals surface area (Å²) in [5.74, 6) is -0.810. The van der Waals surface area contributed by atoms with Gasteiger partial charge in [-0.2, -0.15) is 0 Å². The Morgan fingerprint density at radius 1 is 1.31 bits per heavy atom. The zero-order chi connectivity index (χ0) is 11.8. The zero-order valence-electron chi connectivity index (χ0n) is 10.5. The van der Waals surface area contributed by atoms with Crippen molar-refractivity contribution in [2.24, 2.45) is 0 Å². The molecule has 5 nitrogen and oxygen atoms in total. The molecule has 86 valence electrons. The molecule has 0 aromatic rings. The summed E-state index contributed by atoms with van der Waals surface area (Å²) in [6.45, 7) is 3.53. The van der Waals surface area contributed by atoms with Crippen molar-refractivity contribution in [1.29, 1.82) is 0 Å². The summed E-state index contributed by atoms with van der Waals surface area (Å²) in [6.07, 6.45) is 1.87. The Kier molecular flexibility index (Phi) is 11.9. The van der Waals surface area contributed by atoms with Gasteiger partial charge in [-0.1, -0.05) is 6.92 Å². The topological polar surface area (TPSA) is 64.6 Å². The molecule has 0 amide bonds. The van der Waals surface area contributed by atoms with Crippen LogP contribution in [0.1, 0.15) is 20.3 Å². The van der Waals surface area contributed by atoms with E-state index >= 15 is 0 Å². The second-order valence-corrected chi connectivity index (χ2v) is 2.98. The minimum Gasteiger partial charge on any atom is -0.467 e. The molecule has 0 aromatic carbocycles. The third kappa shape index (κ3) is 7.40. The standard InChI is InChI=1S/C10H17NO4.K/c1-5-8(10(13)15-4)11-7(2)6-9(12)14-3;/h6,8,11H,5H2,1-4H3;/q;+1/b7-6+;/t8-;/m1./s1. The number of carbonyl (C=O) groups excluding carboxylic acids is 2. The van der Waals surface area contributed by atoms with Crippen molar-refractivity contribution in [3.05, 3.63) is 11.8 Å². The van der Waals surface area contributed by atoms with Gasteiger partial charge in [-0.05, 0) is 13.3 Å². The molecular weight excluding hydrogens is 237 g/mol. The average Bonchev–Trinajstić information content (AvgIpc) is 2.24. The molecule has 1 atom stereocenters. The Morgan fingerprint density at radius 3 is 2.25 bits per heavy atom. The third-order valence-corrected chi connectivity index (χ3v) is 1.83. The van der Waals surface area contributed by atoms with Crippen molar-refractivity contribution in [3.63, 3.8) is 0 Å². The fourth-order valence-corrected chi connectivity index (χ4v) is 1.02. The van der Waals surface area contributed by atoms with Gasteiger partial charge in [-0.15, -0.1) is 0 Å². The van der Waals surface area contributed by atoms with E-state index in [4.69, 9.17) is 0 Å². The molecule has 1 N–H and O–H groups in total. The van der Waals surface area contributed by atoms with Crippen LogP contribution in [0.15, 0.2) is 11.8 Å². The van der Waals surface area contributed by atoms with Crippen molar-refractivity contribution in [2.45, 2.75) is 26.3 Å². The fourth-order valence-electron chi connectivity index (χ4n) is 1.02. The van der Waals surface area contributed by atoms with Crippen LogP contribution in [0.5, 0.6) is 0 Å². The normalized spacial score (nSPS) is 12.1. The van der Waals surface area contributed by atoms with Crippen LogP contribution in [-0.4, -0.2) is 32.2 Å². The largest absolute Gasteiger partial charge is 1.00 e. The summed E-state index contributed by atoms with van der Waals surface area (Å²) >= 11 is 0. The molecule has 0 saturated heterocycles. The maximum Gasteiger partial charge on any atom is 1.00 e. The summed E-state index contributed by atoms with van der Waals surface area (Å²) in [7, 11) is 2.62. The molecular formula is C10H17KNO4+. The number of methoxy groups -OCH3 is 2. The molecule has 0 radical (unpaired) electrons. The van der Waals surface area contributed by atoms with E-state index in [2.05, 4.69) is 14.8 Å². The molecule has 0 spiro atoms. The zero-order valence-corrected chi connectivity index (χ0v) is 13.6. The van der Waals surface area contributed by atoms with Crippen molar-refractivity contribution in [2.75, 3.05) is 14.2 Å². The minimum absolute atomic E-state index is 0. The second-order valence-electron chi connectivity index (χ2n) is 2.98. The van der Waals surface area contributed by atoms with Crippen molar-refractivity contribution < 1.29 is 70.4 Å². The predicted octanol–water partition coefficient (Wildman–Crippen LogP) is -2.39. The average molecular weight is 254 g/mol. The van der Waals surface area contributed by atoms with Crippen molar-refractivity contribution in [1.82, 2.24) is 5.32 Å². The smallest absolute Gasteiger partial charge is 0.467 e. The second kappa shape index (κ2) is 10.3. The van der Waals surface area contributed by atoms with Gasteiger partial charge in [0.05, 0.1) is 14.2 Å². The van der Waals surface area contributed by atoms with E-state index in [-0.39, 0.29) is 57.4 Å². The summed E-state index contributed by atoms with van der Waals surface area (Å²) in [6, 6.07) is -0.434. The predicted molar refractivity (Wildman–Crippen MR) is 55.0 cm³/mol. The van der Waals surface area contributed by atoms with Gasteiger partial charge in [0.25, 0.3) is 0 Å². The van der Waals surface area contributed by atoms with Crippen LogP contribution in [0.3, 0.4) is 0 Å². The molecule has 0 aliphatic rings. The van der Waals surface area contributed by atoms with E-state index in [0.29, 0.717) is 12.1 Å². The molecule has 0 saturated carbocycles. The van der Waals surface area contributed by atoms with E-state index in [1.165, 1.54) is 20.3 Å². The van der Waals surface area contributed by atoms with Crippen LogP contribution in [0, 0.1) is 0 Å². The molecule has 0 bridgehead atoms. The molecule has 0 rings (SSSR count). The van der Waals surface area contributed by atoms with E-state index in [1.54, 1.807) is 6.92 Å². The van der Waals surface area contributed by atoms with Crippen LogP contribution >= 0.6 is 0 Å². The van der Waals surface area contributed by atoms with Crippen LogP contribution in [0.4, 0.5) is 0 Å². The Labute approximate surface area is 138 Å². The summed E-state index contributed by atoms with van der Waals surface area (Å²) in [4.78, 5) is 22.1.